The van der Waals surface area contributed by atoms with Gasteiger partial charge in [-0.05, 0) is 18.2 Å². The molecule has 0 radical (unpaired) electrons. The molecule has 0 bridgehead atoms. The van der Waals surface area contributed by atoms with E-state index in [4.69, 9.17) is 9.84 Å². The van der Waals surface area contributed by atoms with E-state index in [2.05, 4.69) is 4.98 Å². The number of hydrogen-bond donors (Lipinski definition) is 1. The molecule has 1 aromatic carbocycles. The van der Waals surface area contributed by atoms with Crippen molar-refractivity contribution in [3.05, 3.63) is 53.7 Å². The lowest BCUT2D eigenvalue weighted by Gasteiger charge is -2.08. The summed E-state index contributed by atoms with van der Waals surface area (Å²) in [5.41, 5.74) is 0.0370. The lowest BCUT2D eigenvalue weighted by atomic mass is 10.2. The Morgan fingerprint density at radius 2 is 1.90 bits per heavy atom. The van der Waals surface area contributed by atoms with Gasteiger partial charge in [0.15, 0.2) is 9.84 Å². The van der Waals surface area contributed by atoms with Crippen LogP contribution in [0.1, 0.15) is 16.1 Å². The van der Waals surface area contributed by atoms with Gasteiger partial charge in [0.1, 0.15) is 0 Å². The van der Waals surface area contributed by atoms with Crippen molar-refractivity contribution in [1.29, 1.82) is 0 Å². The highest BCUT2D eigenvalue weighted by atomic mass is 32.2. The molecule has 2 aromatic rings. The quantitative estimate of drug-likeness (QED) is 0.904. The number of ether oxygens (including phenoxy) is 1. The average molecular weight is 307 g/mol. The molecule has 0 unspecified atom stereocenters. The third kappa shape index (κ3) is 3.38. The van der Waals surface area contributed by atoms with Crippen LogP contribution in [0.2, 0.25) is 0 Å². The first-order chi connectivity index (χ1) is 9.94. The zero-order valence-electron chi connectivity index (χ0n) is 11.2. The van der Waals surface area contributed by atoms with Crippen LogP contribution in [0, 0.1) is 0 Å². The molecule has 0 fully saturated rings. The molecule has 2 rings (SSSR count). The molecule has 1 N–H and O–H groups in total. The minimum atomic E-state index is -3.81. The number of benzene rings is 1. The second-order valence-electron chi connectivity index (χ2n) is 4.23. The number of aromatic carboxylic acids is 1. The van der Waals surface area contributed by atoms with Gasteiger partial charge >= 0.3 is 5.97 Å². The maximum absolute atomic E-state index is 12.4. The number of carbonyl (C=O) groups is 1. The zero-order chi connectivity index (χ0) is 15.5. The van der Waals surface area contributed by atoms with Gasteiger partial charge in [0.05, 0.1) is 29.0 Å². The van der Waals surface area contributed by atoms with E-state index >= 15 is 0 Å². The van der Waals surface area contributed by atoms with Crippen LogP contribution < -0.4 is 4.74 Å². The fraction of sp³-hybridized carbons (Fsp3) is 0.143. The summed E-state index contributed by atoms with van der Waals surface area (Å²) in [7, 11) is -2.38. The first kappa shape index (κ1) is 15.0. The lowest BCUT2D eigenvalue weighted by Crippen LogP contribution is -2.12. The number of nitrogens with zero attached hydrogens (tertiary/aromatic N) is 1. The van der Waals surface area contributed by atoms with Crippen LogP contribution in [0.4, 0.5) is 0 Å². The van der Waals surface area contributed by atoms with Crippen molar-refractivity contribution in [2.45, 2.75) is 10.6 Å². The van der Waals surface area contributed by atoms with Crippen molar-refractivity contribution in [2.75, 3.05) is 7.11 Å². The predicted octanol–water partition coefficient (Wildman–Crippen LogP) is 1.76. The van der Waals surface area contributed by atoms with E-state index < -0.39 is 21.6 Å². The maximum atomic E-state index is 12.4. The molecule has 1 aromatic heterocycles. The molecule has 0 amide bonds. The van der Waals surface area contributed by atoms with E-state index in [1.54, 1.807) is 18.2 Å². The van der Waals surface area contributed by atoms with E-state index in [0.29, 0.717) is 5.88 Å². The molecule has 0 saturated heterocycles. The van der Waals surface area contributed by atoms with Crippen molar-refractivity contribution < 1.29 is 23.1 Å². The molecule has 0 aliphatic rings. The lowest BCUT2D eigenvalue weighted by molar-refractivity contribution is 0.0692. The molecule has 0 atom stereocenters. The highest BCUT2D eigenvalue weighted by Gasteiger charge is 2.22. The Hall–Kier alpha value is -2.41. The van der Waals surface area contributed by atoms with Crippen LogP contribution >= 0.6 is 0 Å². The average Bonchev–Trinajstić information content (AvgIpc) is 2.47. The number of rotatable bonds is 5. The summed E-state index contributed by atoms with van der Waals surface area (Å²) in [6.45, 7) is 0. The molecule has 0 aliphatic heterocycles. The number of aromatic nitrogens is 1. The van der Waals surface area contributed by atoms with Crippen LogP contribution in [0.25, 0.3) is 0 Å². The van der Waals surface area contributed by atoms with E-state index in [-0.39, 0.29) is 16.2 Å². The number of carboxylic acid groups (broad SMARTS) is 1. The molecule has 0 aliphatic carbocycles. The van der Waals surface area contributed by atoms with Crippen molar-refractivity contribution in [2.24, 2.45) is 0 Å². The largest absolute Gasteiger partial charge is 0.481 e. The Kier molecular flexibility index (Phi) is 4.23. The Bertz CT molecular complexity index is 770. The van der Waals surface area contributed by atoms with Crippen LogP contribution in [0.15, 0.2) is 47.4 Å². The van der Waals surface area contributed by atoms with E-state index in [1.165, 1.54) is 31.4 Å². The van der Waals surface area contributed by atoms with Crippen LogP contribution in [-0.2, 0) is 15.6 Å². The maximum Gasteiger partial charge on any atom is 0.337 e. The number of pyridine rings is 1. The summed E-state index contributed by atoms with van der Waals surface area (Å²) < 4.78 is 29.7. The highest BCUT2D eigenvalue weighted by Crippen LogP contribution is 2.20. The second-order valence-corrected chi connectivity index (χ2v) is 6.19. The van der Waals surface area contributed by atoms with Gasteiger partial charge in [0, 0.05) is 6.07 Å². The van der Waals surface area contributed by atoms with Gasteiger partial charge in [-0.3, -0.25) is 0 Å². The van der Waals surface area contributed by atoms with Crippen molar-refractivity contribution in [3.63, 3.8) is 0 Å². The molecule has 1 heterocycles. The number of methoxy groups -OCH3 is 1. The van der Waals surface area contributed by atoms with Gasteiger partial charge in [0.2, 0.25) is 5.88 Å². The SMILES string of the molecule is COc1cccc(CS(=O)(=O)c2ccccc2C(=O)O)n1. The summed E-state index contributed by atoms with van der Waals surface area (Å²) in [4.78, 5) is 14.9. The Labute approximate surface area is 121 Å². The molecular weight excluding hydrogens is 294 g/mol. The summed E-state index contributed by atoms with van der Waals surface area (Å²) in [5, 5.41) is 9.08. The third-order valence-electron chi connectivity index (χ3n) is 2.78. The van der Waals surface area contributed by atoms with Gasteiger partial charge < -0.3 is 9.84 Å². The van der Waals surface area contributed by atoms with Gasteiger partial charge in [-0.15, -0.1) is 0 Å². The topological polar surface area (TPSA) is 93.6 Å². The molecule has 110 valence electrons. The molecule has 7 heteroatoms. The molecule has 0 spiro atoms. The smallest absolute Gasteiger partial charge is 0.337 e. The van der Waals surface area contributed by atoms with Crippen molar-refractivity contribution >= 4 is 15.8 Å². The first-order valence-electron chi connectivity index (χ1n) is 5.99. The van der Waals surface area contributed by atoms with Crippen LogP contribution in [0.5, 0.6) is 5.88 Å². The van der Waals surface area contributed by atoms with Gasteiger partial charge in [-0.2, -0.15) is 0 Å². The van der Waals surface area contributed by atoms with Gasteiger partial charge in [-0.1, -0.05) is 18.2 Å². The van der Waals surface area contributed by atoms with E-state index in [0.717, 1.165) is 0 Å². The van der Waals surface area contributed by atoms with Crippen LogP contribution in [-0.4, -0.2) is 31.6 Å². The van der Waals surface area contributed by atoms with Gasteiger partial charge in [0.25, 0.3) is 0 Å². The monoisotopic (exact) mass is 307 g/mol. The molecule has 6 nitrogen and oxygen atoms in total. The third-order valence-corrected chi connectivity index (χ3v) is 4.48. The molecule has 21 heavy (non-hydrogen) atoms. The predicted molar refractivity (Wildman–Crippen MR) is 75.1 cm³/mol. The van der Waals surface area contributed by atoms with Crippen molar-refractivity contribution in [3.8, 4) is 5.88 Å². The Balaban J connectivity index is 2.41. The minimum Gasteiger partial charge on any atom is -0.481 e. The summed E-state index contributed by atoms with van der Waals surface area (Å²) in [6, 6.07) is 10.3. The van der Waals surface area contributed by atoms with Crippen molar-refractivity contribution in [1.82, 2.24) is 4.98 Å². The molecular formula is C14H13NO5S. The fourth-order valence-corrected chi connectivity index (χ4v) is 3.32. The number of hydrogen-bond acceptors (Lipinski definition) is 5. The second kappa shape index (κ2) is 5.92. The summed E-state index contributed by atoms with van der Waals surface area (Å²) >= 11 is 0. The normalized spacial score (nSPS) is 11.1. The standard InChI is InChI=1S/C14H13NO5S/c1-20-13-8-4-5-10(15-13)9-21(18,19)12-7-3-2-6-11(12)14(16)17/h2-8H,9H2,1H3,(H,16,17). The first-order valence-corrected chi connectivity index (χ1v) is 7.64. The number of sulfone groups is 1. The van der Waals surface area contributed by atoms with Gasteiger partial charge in [-0.25, -0.2) is 18.2 Å². The highest BCUT2D eigenvalue weighted by molar-refractivity contribution is 7.90. The molecule has 0 saturated carbocycles. The Morgan fingerprint density at radius 3 is 2.57 bits per heavy atom. The van der Waals surface area contributed by atoms with Crippen LogP contribution in [0.3, 0.4) is 0 Å². The summed E-state index contributed by atoms with van der Waals surface area (Å²) in [5.74, 6) is -1.38. The fourth-order valence-electron chi connectivity index (χ4n) is 1.84. The minimum absolute atomic E-state index is 0.220. The van der Waals surface area contributed by atoms with E-state index in [1.807, 2.05) is 0 Å². The Morgan fingerprint density at radius 1 is 1.19 bits per heavy atom. The summed E-state index contributed by atoms with van der Waals surface area (Å²) in [6.07, 6.45) is 0. The van der Waals surface area contributed by atoms with E-state index in [9.17, 15) is 13.2 Å². The zero-order valence-corrected chi connectivity index (χ0v) is 12.0. The number of carboxylic acids is 1.